The van der Waals surface area contributed by atoms with Gasteiger partial charge in [-0.3, -0.25) is 0 Å². The van der Waals surface area contributed by atoms with Gasteiger partial charge in [0.2, 0.25) is 0 Å². The summed E-state index contributed by atoms with van der Waals surface area (Å²) in [5.74, 6) is 0. The van der Waals surface area contributed by atoms with Gasteiger partial charge in [0.05, 0.1) is 0 Å². The zero-order valence-electron chi connectivity index (χ0n) is 11.5. The van der Waals surface area contributed by atoms with Crippen molar-refractivity contribution in [2.75, 3.05) is 0 Å². The lowest BCUT2D eigenvalue weighted by Crippen LogP contribution is -2.17. The summed E-state index contributed by atoms with van der Waals surface area (Å²) in [5, 5.41) is 3.56. The molecule has 1 atom stereocenters. The maximum atomic E-state index is 3.56. The highest BCUT2D eigenvalue weighted by Crippen LogP contribution is 2.14. The van der Waals surface area contributed by atoms with Crippen LogP contribution in [0.3, 0.4) is 0 Å². The summed E-state index contributed by atoms with van der Waals surface area (Å²) in [6.07, 6.45) is 4.34. The third kappa shape index (κ3) is 3.23. The van der Waals surface area contributed by atoms with Crippen LogP contribution in [0.1, 0.15) is 36.6 Å². The Kier molecular flexibility index (Phi) is 4.21. The van der Waals surface area contributed by atoms with E-state index in [0.29, 0.717) is 6.04 Å². The molecule has 0 aliphatic rings. The molecule has 18 heavy (non-hydrogen) atoms. The molecule has 0 spiro atoms. The van der Waals surface area contributed by atoms with Gasteiger partial charge in [0.15, 0.2) is 0 Å². The van der Waals surface area contributed by atoms with E-state index < -0.39 is 0 Å². The third-order valence-electron chi connectivity index (χ3n) is 3.37. The number of rotatable bonds is 5. The van der Waals surface area contributed by atoms with Crippen LogP contribution in [0, 0.1) is 6.92 Å². The minimum Gasteiger partial charge on any atom is -0.354 e. The van der Waals surface area contributed by atoms with E-state index in [9.17, 15) is 0 Å². The molecule has 0 radical (unpaired) electrons. The molecule has 2 rings (SSSR count). The monoisotopic (exact) mass is 242 g/mol. The van der Waals surface area contributed by atoms with Gasteiger partial charge < -0.3 is 9.88 Å². The highest BCUT2D eigenvalue weighted by molar-refractivity contribution is 5.23. The molecule has 1 aromatic carbocycles. The molecule has 0 saturated heterocycles. The highest BCUT2D eigenvalue weighted by Gasteiger charge is 2.04. The number of benzene rings is 1. The van der Waals surface area contributed by atoms with Crippen molar-refractivity contribution in [3.63, 3.8) is 0 Å². The molecule has 0 unspecified atom stereocenters. The Balaban J connectivity index is 1.91. The molecule has 96 valence electrons. The van der Waals surface area contributed by atoms with Gasteiger partial charge in [-0.15, -0.1) is 0 Å². The quantitative estimate of drug-likeness (QED) is 0.846. The standard InChI is InChI=1S/C16H22N2/c1-4-18-10-9-15(12-18)11-17-14(3)16-7-5-13(2)6-8-16/h5-10,12,14,17H,4,11H2,1-3H3/t14-/m1/s1. The number of aromatic nitrogens is 1. The first-order chi connectivity index (χ1) is 8.69. The first kappa shape index (κ1) is 12.9. The summed E-state index contributed by atoms with van der Waals surface area (Å²) in [5.41, 5.74) is 4.00. The van der Waals surface area contributed by atoms with Crippen LogP contribution >= 0.6 is 0 Å². The molecule has 0 fully saturated rings. The molecule has 2 nitrogen and oxygen atoms in total. The predicted molar refractivity (Wildman–Crippen MR) is 76.5 cm³/mol. The average molecular weight is 242 g/mol. The Morgan fingerprint density at radius 2 is 1.89 bits per heavy atom. The fourth-order valence-corrected chi connectivity index (χ4v) is 2.04. The van der Waals surface area contributed by atoms with Crippen LogP contribution in [-0.4, -0.2) is 4.57 Å². The molecular formula is C16H22N2. The van der Waals surface area contributed by atoms with Crippen molar-refractivity contribution in [2.45, 2.75) is 39.9 Å². The Morgan fingerprint density at radius 1 is 1.17 bits per heavy atom. The third-order valence-corrected chi connectivity index (χ3v) is 3.37. The van der Waals surface area contributed by atoms with E-state index in [4.69, 9.17) is 0 Å². The van der Waals surface area contributed by atoms with Crippen molar-refractivity contribution in [1.29, 1.82) is 0 Å². The second-order valence-electron chi connectivity index (χ2n) is 4.86. The molecule has 1 heterocycles. The van der Waals surface area contributed by atoms with Crippen molar-refractivity contribution in [3.8, 4) is 0 Å². The normalized spacial score (nSPS) is 12.6. The van der Waals surface area contributed by atoms with Crippen LogP contribution in [0.2, 0.25) is 0 Å². The van der Waals surface area contributed by atoms with Crippen LogP contribution in [0.25, 0.3) is 0 Å². The first-order valence-electron chi connectivity index (χ1n) is 6.63. The molecule has 2 heteroatoms. The molecule has 0 amide bonds. The summed E-state index contributed by atoms with van der Waals surface area (Å²) in [7, 11) is 0. The summed E-state index contributed by atoms with van der Waals surface area (Å²) >= 11 is 0. The molecule has 2 aromatic rings. The Hall–Kier alpha value is -1.54. The maximum absolute atomic E-state index is 3.56. The van der Waals surface area contributed by atoms with Crippen molar-refractivity contribution in [3.05, 3.63) is 59.4 Å². The van der Waals surface area contributed by atoms with Gasteiger partial charge in [0.1, 0.15) is 0 Å². The zero-order chi connectivity index (χ0) is 13.0. The van der Waals surface area contributed by atoms with E-state index in [1.54, 1.807) is 0 Å². The Bertz CT molecular complexity index is 482. The first-order valence-corrected chi connectivity index (χ1v) is 6.63. The number of nitrogens with one attached hydrogen (secondary N) is 1. The lowest BCUT2D eigenvalue weighted by atomic mass is 10.1. The van der Waals surface area contributed by atoms with Gasteiger partial charge in [-0.1, -0.05) is 29.8 Å². The molecule has 0 bridgehead atoms. The lowest BCUT2D eigenvalue weighted by molar-refractivity contribution is 0.574. The lowest BCUT2D eigenvalue weighted by Gasteiger charge is -2.14. The summed E-state index contributed by atoms with van der Waals surface area (Å²) in [6.45, 7) is 8.44. The van der Waals surface area contributed by atoms with Crippen molar-refractivity contribution in [2.24, 2.45) is 0 Å². The predicted octanol–water partition coefficient (Wildman–Crippen LogP) is 3.67. The van der Waals surface area contributed by atoms with E-state index in [1.807, 2.05) is 0 Å². The molecule has 1 N–H and O–H groups in total. The second kappa shape index (κ2) is 5.87. The van der Waals surface area contributed by atoms with Gasteiger partial charge in [0.25, 0.3) is 0 Å². The van der Waals surface area contributed by atoms with E-state index in [-0.39, 0.29) is 0 Å². The van der Waals surface area contributed by atoms with Gasteiger partial charge in [-0.2, -0.15) is 0 Å². The molecular weight excluding hydrogens is 220 g/mol. The number of hydrogen-bond donors (Lipinski definition) is 1. The molecule has 0 saturated carbocycles. The SMILES string of the molecule is CCn1ccc(CN[C@H](C)c2ccc(C)cc2)c1. The summed E-state index contributed by atoms with van der Waals surface area (Å²) in [4.78, 5) is 0. The van der Waals surface area contributed by atoms with Crippen molar-refractivity contribution < 1.29 is 0 Å². The van der Waals surface area contributed by atoms with Crippen LogP contribution in [0.15, 0.2) is 42.7 Å². The van der Waals surface area contributed by atoms with Gasteiger partial charge in [-0.05, 0) is 38.0 Å². The van der Waals surface area contributed by atoms with E-state index in [2.05, 4.69) is 73.4 Å². The summed E-state index contributed by atoms with van der Waals surface area (Å²) in [6, 6.07) is 11.3. The average Bonchev–Trinajstić information content (AvgIpc) is 2.85. The molecule has 1 aromatic heterocycles. The number of aryl methyl sites for hydroxylation is 2. The van der Waals surface area contributed by atoms with Crippen molar-refractivity contribution >= 4 is 0 Å². The zero-order valence-corrected chi connectivity index (χ0v) is 11.5. The Morgan fingerprint density at radius 3 is 2.50 bits per heavy atom. The Labute approximate surface area is 110 Å². The van der Waals surface area contributed by atoms with E-state index in [0.717, 1.165) is 13.1 Å². The fraction of sp³-hybridized carbons (Fsp3) is 0.375. The van der Waals surface area contributed by atoms with Crippen LogP contribution in [0.4, 0.5) is 0 Å². The van der Waals surface area contributed by atoms with Crippen LogP contribution in [-0.2, 0) is 13.1 Å². The van der Waals surface area contributed by atoms with Crippen molar-refractivity contribution in [1.82, 2.24) is 9.88 Å². The topological polar surface area (TPSA) is 17.0 Å². The minimum atomic E-state index is 0.385. The van der Waals surface area contributed by atoms with Crippen LogP contribution < -0.4 is 5.32 Å². The van der Waals surface area contributed by atoms with Gasteiger partial charge in [-0.25, -0.2) is 0 Å². The molecule has 0 aliphatic heterocycles. The van der Waals surface area contributed by atoms with E-state index in [1.165, 1.54) is 16.7 Å². The fourth-order valence-electron chi connectivity index (χ4n) is 2.04. The maximum Gasteiger partial charge on any atom is 0.0294 e. The molecule has 0 aliphatic carbocycles. The number of hydrogen-bond acceptors (Lipinski definition) is 1. The smallest absolute Gasteiger partial charge is 0.0294 e. The van der Waals surface area contributed by atoms with Gasteiger partial charge >= 0.3 is 0 Å². The summed E-state index contributed by atoms with van der Waals surface area (Å²) < 4.78 is 2.20. The second-order valence-corrected chi connectivity index (χ2v) is 4.86. The highest BCUT2D eigenvalue weighted by atomic mass is 14.9. The minimum absolute atomic E-state index is 0.385. The van der Waals surface area contributed by atoms with E-state index >= 15 is 0 Å². The van der Waals surface area contributed by atoms with Gasteiger partial charge in [0, 0.05) is 31.5 Å². The number of nitrogens with zero attached hydrogens (tertiary/aromatic N) is 1. The largest absolute Gasteiger partial charge is 0.354 e. The van der Waals surface area contributed by atoms with Crippen LogP contribution in [0.5, 0.6) is 0 Å².